The zero-order valence-corrected chi connectivity index (χ0v) is 12.1. The Morgan fingerprint density at radius 1 is 1.29 bits per heavy atom. The van der Waals surface area contributed by atoms with E-state index in [0.29, 0.717) is 5.41 Å². The van der Waals surface area contributed by atoms with E-state index in [2.05, 4.69) is 37.9 Å². The van der Waals surface area contributed by atoms with E-state index in [9.17, 15) is 0 Å². The van der Waals surface area contributed by atoms with Gasteiger partial charge in [-0.1, -0.05) is 20.8 Å². The van der Waals surface area contributed by atoms with E-state index in [4.69, 9.17) is 0 Å². The van der Waals surface area contributed by atoms with Gasteiger partial charge in [0.15, 0.2) is 0 Å². The van der Waals surface area contributed by atoms with Crippen LogP contribution in [0.1, 0.15) is 53.4 Å². The smallest absolute Gasteiger partial charge is 0.0195 e. The van der Waals surface area contributed by atoms with Gasteiger partial charge in [-0.3, -0.25) is 4.90 Å². The number of nitrogens with zero attached hydrogens (tertiary/aromatic N) is 1. The molecule has 17 heavy (non-hydrogen) atoms. The molecule has 0 aromatic heterocycles. The summed E-state index contributed by atoms with van der Waals surface area (Å²) in [4.78, 5) is 2.75. The highest BCUT2D eigenvalue weighted by atomic mass is 15.2. The van der Waals surface area contributed by atoms with Crippen LogP contribution in [0.3, 0.4) is 0 Å². The number of nitrogens with one attached hydrogen (secondary N) is 1. The average Bonchev–Trinajstić information content (AvgIpc) is 2.80. The van der Waals surface area contributed by atoms with Gasteiger partial charge < -0.3 is 5.32 Å². The largest absolute Gasteiger partial charge is 0.313 e. The Kier molecular flexibility index (Phi) is 4.14. The van der Waals surface area contributed by atoms with E-state index in [-0.39, 0.29) is 0 Å². The number of rotatable bonds is 6. The first kappa shape index (κ1) is 13.4. The summed E-state index contributed by atoms with van der Waals surface area (Å²) in [5.41, 5.74) is 0.619. The molecule has 0 spiro atoms. The quantitative estimate of drug-likeness (QED) is 0.765. The summed E-state index contributed by atoms with van der Waals surface area (Å²) in [6.45, 7) is 13.3. The maximum Gasteiger partial charge on any atom is 0.0195 e. The molecule has 0 amide bonds. The van der Waals surface area contributed by atoms with Gasteiger partial charge in [-0.05, 0) is 50.5 Å². The van der Waals surface area contributed by atoms with Gasteiger partial charge in [-0.15, -0.1) is 0 Å². The van der Waals surface area contributed by atoms with Gasteiger partial charge in [0.25, 0.3) is 0 Å². The molecule has 2 atom stereocenters. The van der Waals surface area contributed by atoms with Crippen LogP contribution in [0.5, 0.6) is 0 Å². The van der Waals surface area contributed by atoms with E-state index in [1.54, 1.807) is 0 Å². The van der Waals surface area contributed by atoms with Crippen LogP contribution in [-0.4, -0.2) is 36.6 Å². The summed E-state index contributed by atoms with van der Waals surface area (Å²) in [5, 5.41) is 3.65. The lowest BCUT2D eigenvalue weighted by molar-refractivity contribution is 0.123. The molecule has 1 saturated heterocycles. The lowest BCUT2D eigenvalue weighted by Gasteiger charge is -2.36. The summed E-state index contributed by atoms with van der Waals surface area (Å²) >= 11 is 0. The predicted octanol–water partition coefficient (Wildman–Crippen LogP) is 2.89. The lowest BCUT2D eigenvalue weighted by atomic mass is 9.97. The second-order valence-electron chi connectivity index (χ2n) is 6.97. The van der Waals surface area contributed by atoms with Crippen molar-refractivity contribution in [2.45, 2.75) is 65.5 Å². The van der Waals surface area contributed by atoms with Crippen LogP contribution in [0.15, 0.2) is 0 Å². The zero-order valence-electron chi connectivity index (χ0n) is 12.1. The van der Waals surface area contributed by atoms with Crippen LogP contribution in [-0.2, 0) is 0 Å². The molecule has 2 unspecified atom stereocenters. The molecule has 0 aromatic carbocycles. The molecular formula is C15H30N2. The van der Waals surface area contributed by atoms with Crippen molar-refractivity contribution in [3.05, 3.63) is 0 Å². The van der Waals surface area contributed by atoms with Crippen molar-refractivity contribution in [3.8, 4) is 0 Å². The van der Waals surface area contributed by atoms with Crippen molar-refractivity contribution < 1.29 is 0 Å². The minimum Gasteiger partial charge on any atom is -0.313 e. The fraction of sp³-hybridized carbons (Fsp3) is 1.00. The maximum atomic E-state index is 3.65. The highest BCUT2D eigenvalue weighted by Crippen LogP contribution is 2.49. The Morgan fingerprint density at radius 3 is 2.47 bits per heavy atom. The van der Waals surface area contributed by atoms with E-state index in [1.807, 2.05) is 0 Å². The van der Waals surface area contributed by atoms with Crippen LogP contribution >= 0.6 is 0 Å². The third-order valence-corrected chi connectivity index (χ3v) is 4.81. The molecule has 100 valence electrons. The Balaban J connectivity index is 1.91. The van der Waals surface area contributed by atoms with E-state index in [0.717, 1.165) is 18.0 Å². The minimum absolute atomic E-state index is 0.619. The molecule has 2 fully saturated rings. The van der Waals surface area contributed by atoms with Crippen molar-refractivity contribution in [2.24, 2.45) is 11.3 Å². The molecule has 2 heteroatoms. The van der Waals surface area contributed by atoms with Gasteiger partial charge in [0.2, 0.25) is 0 Å². The van der Waals surface area contributed by atoms with Crippen molar-refractivity contribution in [1.82, 2.24) is 10.2 Å². The number of hydrogen-bond acceptors (Lipinski definition) is 2. The van der Waals surface area contributed by atoms with Crippen LogP contribution < -0.4 is 5.32 Å². The Hall–Kier alpha value is -0.0800. The molecule has 1 N–H and O–H groups in total. The summed E-state index contributed by atoms with van der Waals surface area (Å²) < 4.78 is 0. The van der Waals surface area contributed by atoms with Gasteiger partial charge in [-0.2, -0.15) is 0 Å². The topological polar surface area (TPSA) is 15.3 Å². The molecule has 2 aliphatic rings. The van der Waals surface area contributed by atoms with Gasteiger partial charge in [0.1, 0.15) is 0 Å². The van der Waals surface area contributed by atoms with Crippen molar-refractivity contribution in [1.29, 1.82) is 0 Å². The van der Waals surface area contributed by atoms with Gasteiger partial charge in [0.05, 0.1) is 0 Å². The standard InChI is InChI=1S/C15H30N2/c1-12(2)10-17(11-14-6-5-9-16-14)13(3)15(4)7-8-15/h12-14,16H,5-11H2,1-4H3. The molecule has 0 radical (unpaired) electrons. The third-order valence-electron chi connectivity index (χ3n) is 4.81. The van der Waals surface area contributed by atoms with Crippen LogP contribution in [0, 0.1) is 11.3 Å². The van der Waals surface area contributed by atoms with E-state index >= 15 is 0 Å². The SMILES string of the molecule is CC(C)CN(CC1CCCN1)C(C)C1(C)CC1. The van der Waals surface area contributed by atoms with Crippen LogP contribution in [0.4, 0.5) is 0 Å². The first-order valence-electron chi connectivity index (χ1n) is 7.49. The minimum atomic E-state index is 0.619. The molecule has 1 saturated carbocycles. The monoisotopic (exact) mass is 238 g/mol. The second kappa shape index (κ2) is 5.27. The van der Waals surface area contributed by atoms with E-state index in [1.165, 1.54) is 45.3 Å². The van der Waals surface area contributed by atoms with Crippen LogP contribution in [0.2, 0.25) is 0 Å². The normalized spacial score (nSPS) is 28.9. The van der Waals surface area contributed by atoms with E-state index < -0.39 is 0 Å². The van der Waals surface area contributed by atoms with Crippen LogP contribution in [0.25, 0.3) is 0 Å². The third kappa shape index (κ3) is 3.45. The highest BCUT2D eigenvalue weighted by molar-refractivity contribution is 4.98. The van der Waals surface area contributed by atoms with Gasteiger partial charge in [0, 0.05) is 25.2 Å². The van der Waals surface area contributed by atoms with Gasteiger partial charge >= 0.3 is 0 Å². The molecular weight excluding hydrogens is 208 g/mol. The number of hydrogen-bond donors (Lipinski definition) is 1. The van der Waals surface area contributed by atoms with Gasteiger partial charge in [-0.25, -0.2) is 0 Å². The average molecular weight is 238 g/mol. The summed E-state index contributed by atoms with van der Waals surface area (Å²) in [6.07, 6.45) is 5.60. The first-order valence-corrected chi connectivity index (χ1v) is 7.49. The Labute approximate surface area is 107 Å². The molecule has 1 aliphatic heterocycles. The van der Waals surface area contributed by atoms with Crippen molar-refractivity contribution >= 4 is 0 Å². The van der Waals surface area contributed by atoms with Crippen molar-refractivity contribution in [2.75, 3.05) is 19.6 Å². The summed E-state index contributed by atoms with van der Waals surface area (Å²) in [5.74, 6) is 0.779. The summed E-state index contributed by atoms with van der Waals surface area (Å²) in [7, 11) is 0. The molecule has 2 rings (SSSR count). The second-order valence-corrected chi connectivity index (χ2v) is 6.97. The highest BCUT2D eigenvalue weighted by Gasteiger charge is 2.45. The zero-order chi connectivity index (χ0) is 12.5. The molecule has 1 heterocycles. The fourth-order valence-electron chi connectivity index (χ4n) is 3.11. The molecule has 2 nitrogen and oxygen atoms in total. The molecule has 1 aliphatic carbocycles. The molecule has 0 bridgehead atoms. The Bertz CT molecular complexity index is 239. The predicted molar refractivity (Wildman–Crippen MR) is 74.2 cm³/mol. The fourth-order valence-corrected chi connectivity index (χ4v) is 3.11. The maximum absolute atomic E-state index is 3.65. The summed E-state index contributed by atoms with van der Waals surface area (Å²) in [6, 6.07) is 1.51. The Morgan fingerprint density at radius 2 is 2.00 bits per heavy atom. The first-order chi connectivity index (χ1) is 8.01. The molecule has 0 aromatic rings. The lowest BCUT2D eigenvalue weighted by Crippen LogP contribution is -2.46. The van der Waals surface area contributed by atoms with Crippen molar-refractivity contribution in [3.63, 3.8) is 0 Å².